The number of carbonyl (C=O) groups excluding carboxylic acids is 1. The third-order valence-electron chi connectivity index (χ3n) is 5.72. The lowest BCUT2D eigenvalue weighted by molar-refractivity contribution is -0.142. The zero-order chi connectivity index (χ0) is 17.4. The van der Waals surface area contributed by atoms with Crippen molar-refractivity contribution in [2.75, 3.05) is 6.54 Å². The van der Waals surface area contributed by atoms with Crippen LogP contribution >= 0.6 is 22.9 Å². The molecule has 25 heavy (non-hydrogen) atoms. The van der Waals surface area contributed by atoms with Gasteiger partial charge >= 0.3 is 0 Å². The van der Waals surface area contributed by atoms with Crippen molar-refractivity contribution in [2.45, 2.75) is 57.1 Å². The van der Waals surface area contributed by atoms with E-state index >= 15 is 0 Å². The first-order valence-electron chi connectivity index (χ1n) is 9.28. The lowest BCUT2D eigenvalue weighted by Gasteiger charge is -2.40. The van der Waals surface area contributed by atoms with E-state index in [1.165, 1.54) is 4.70 Å². The van der Waals surface area contributed by atoms with Crippen molar-refractivity contribution >= 4 is 38.9 Å². The molecule has 134 valence electrons. The molecule has 4 rings (SSSR count). The molecule has 2 aromatic rings. The summed E-state index contributed by atoms with van der Waals surface area (Å²) in [5.74, 6) is 0.340. The van der Waals surface area contributed by atoms with Gasteiger partial charge in [-0.3, -0.25) is 4.79 Å². The molecule has 1 atom stereocenters. The summed E-state index contributed by atoms with van der Waals surface area (Å²) in [6.45, 7) is 0.871. The lowest BCUT2D eigenvalue weighted by atomic mass is 9.87. The van der Waals surface area contributed by atoms with Crippen LogP contribution in [0.4, 0.5) is 0 Å². The van der Waals surface area contributed by atoms with Crippen LogP contribution < -0.4 is 0 Å². The number of rotatable bonds is 3. The summed E-state index contributed by atoms with van der Waals surface area (Å²) >= 11 is 8.30. The first-order chi connectivity index (χ1) is 12.1. The number of fused-ring (bicyclic) bond motifs is 1. The smallest absolute Gasteiger partial charge is 0.226 e. The Hall–Kier alpha value is -1.10. The highest BCUT2D eigenvalue weighted by Gasteiger charge is 2.35. The van der Waals surface area contributed by atoms with Gasteiger partial charge < -0.3 is 10.0 Å². The molecule has 1 aromatic carbocycles. The largest absolute Gasteiger partial charge is 0.393 e. The van der Waals surface area contributed by atoms with Crippen molar-refractivity contribution in [3.63, 3.8) is 0 Å². The van der Waals surface area contributed by atoms with Crippen molar-refractivity contribution in [1.82, 2.24) is 4.90 Å². The second-order valence-electron chi connectivity index (χ2n) is 7.37. The zero-order valence-corrected chi connectivity index (χ0v) is 15.9. The number of halogens is 1. The second kappa shape index (κ2) is 7.26. The fourth-order valence-corrected chi connectivity index (χ4v) is 5.91. The third-order valence-corrected chi connectivity index (χ3v) is 7.46. The van der Waals surface area contributed by atoms with E-state index in [0.717, 1.165) is 66.8 Å². The predicted octanol–water partition coefficient (Wildman–Crippen LogP) is 4.64. The highest BCUT2D eigenvalue weighted by atomic mass is 35.5. The number of aliphatic hydroxyl groups excluding tert-OH is 1. The van der Waals surface area contributed by atoms with E-state index in [9.17, 15) is 9.90 Å². The van der Waals surface area contributed by atoms with E-state index in [1.807, 2.05) is 12.1 Å². The van der Waals surface area contributed by atoms with Gasteiger partial charge in [0.2, 0.25) is 5.91 Å². The van der Waals surface area contributed by atoms with Crippen LogP contribution in [0.25, 0.3) is 10.1 Å². The molecular formula is C20H24ClNO2S. The molecule has 1 unspecified atom stereocenters. The van der Waals surface area contributed by atoms with Gasteiger partial charge in [0.1, 0.15) is 0 Å². The maximum atomic E-state index is 13.1. The number of amides is 1. The number of likely N-dealkylation sites (tertiary alicyclic amines) is 1. The van der Waals surface area contributed by atoms with E-state index < -0.39 is 0 Å². The highest BCUT2D eigenvalue weighted by Crippen LogP contribution is 2.38. The molecule has 1 saturated heterocycles. The maximum Gasteiger partial charge on any atom is 0.226 e. The molecule has 1 aliphatic heterocycles. The number of hydrogen-bond acceptors (Lipinski definition) is 3. The molecule has 0 radical (unpaired) electrons. The standard InChI is InChI=1S/C20H24ClNO2S/c21-19-16-5-1-2-6-17(16)25-18(19)12-13-4-3-11-22(20(13)24)14-7-9-15(23)10-8-14/h1-2,5-6,13-15,23H,3-4,7-12H2. The molecule has 1 aliphatic carbocycles. The van der Waals surface area contributed by atoms with Gasteiger partial charge in [0.15, 0.2) is 0 Å². The average molecular weight is 378 g/mol. The Labute approximate surface area is 157 Å². The van der Waals surface area contributed by atoms with Crippen LogP contribution in [-0.4, -0.2) is 34.6 Å². The average Bonchev–Trinajstić information content (AvgIpc) is 2.94. The van der Waals surface area contributed by atoms with Crippen molar-refractivity contribution < 1.29 is 9.90 Å². The maximum absolute atomic E-state index is 13.1. The minimum absolute atomic E-state index is 0.0474. The van der Waals surface area contributed by atoms with E-state index in [4.69, 9.17) is 11.6 Å². The Morgan fingerprint density at radius 2 is 1.92 bits per heavy atom. The quantitative estimate of drug-likeness (QED) is 0.846. The van der Waals surface area contributed by atoms with Crippen LogP contribution in [0.5, 0.6) is 0 Å². The topological polar surface area (TPSA) is 40.5 Å². The summed E-state index contributed by atoms with van der Waals surface area (Å²) in [5, 5.41) is 11.6. The first kappa shape index (κ1) is 17.3. The van der Waals surface area contributed by atoms with Gasteiger partial charge in [-0.15, -0.1) is 11.3 Å². The van der Waals surface area contributed by atoms with Crippen molar-refractivity contribution in [1.29, 1.82) is 0 Å². The normalized spacial score (nSPS) is 27.8. The molecule has 2 fully saturated rings. The van der Waals surface area contributed by atoms with Crippen LogP contribution in [0.2, 0.25) is 5.02 Å². The second-order valence-corrected chi connectivity index (χ2v) is 8.89. The molecule has 3 nitrogen and oxygen atoms in total. The molecule has 2 aliphatic rings. The highest BCUT2D eigenvalue weighted by molar-refractivity contribution is 7.19. The third kappa shape index (κ3) is 3.44. The molecule has 2 heterocycles. The molecule has 1 amide bonds. The minimum Gasteiger partial charge on any atom is -0.393 e. The Bertz CT molecular complexity index is 766. The van der Waals surface area contributed by atoms with E-state index in [-0.39, 0.29) is 12.0 Å². The Balaban J connectivity index is 1.50. The Kier molecular flexibility index (Phi) is 5.03. The van der Waals surface area contributed by atoms with Crippen molar-refractivity contribution in [2.24, 2.45) is 5.92 Å². The fourth-order valence-electron chi connectivity index (χ4n) is 4.32. The number of carbonyl (C=O) groups is 1. The van der Waals surface area contributed by atoms with Gasteiger partial charge in [-0.25, -0.2) is 0 Å². The molecular weight excluding hydrogens is 354 g/mol. The number of nitrogens with zero attached hydrogens (tertiary/aromatic N) is 1. The number of aliphatic hydroxyl groups is 1. The number of hydrogen-bond donors (Lipinski definition) is 1. The number of thiophene rings is 1. The Morgan fingerprint density at radius 3 is 2.68 bits per heavy atom. The van der Waals surface area contributed by atoms with E-state index in [0.29, 0.717) is 11.9 Å². The first-order valence-corrected chi connectivity index (χ1v) is 10.5. The van der Waals surface area contributed by atoms with Crippen LogP contribution in [0, 0.1) is 5.92 Å². The molecule has 1 saturated carbocycles. The summed E-state index contributed by atoms with van der Waals surface area (Å²) in [6, 6.07) is 8.51. The van der Waals surface area contributed by atoms with Gasteiger partial charge in [0.25, 0.3) is 0 Å². The van der Waals surface area contributed by atoms with Crippen molar-refractivity contribution in [3.8, 4) is 0 Å². The van der Waals surface area contributed by atoms with Gasteiger partial charge in [-0.1, -0.05) is 29.8 Å². The summed E-state index contributed by atoms with van der Waals surface area (Å²) in [6.07, 6.45) is 6.11. The van der Waals surface area contributed by atoms with Crippen LogP contribution in [0.3, 0.4) is 0 Å². The molecule has 1 aromatic heterocycles. The summed E-state index contributed by atoms with van der Waals surface area (Å²) in [7, 11) is 0. The van der Waals surface area contributed by atoms with Crippen molar-refractivity contribution in [3.05, 3.63) is 34.2 Å². The lowest BCUT2D eigenvalue weighted by Crippen LogP contribution is -2.49. The van der Waals surface area contributed by atoms with Crippen LogP contribution in [0.15, 0.2) is 24.3 Å². The van der Waals surface area contributed by atoms with Crippen LogP contribution in [-0.2, 0) is 11.2 Å². The summed E-state index contributed by atoms with van der Waals surface area (Å²) in [4.78, 5) is 16.3. The molecule has 0 spiro atoms. The Morgan fingerprint density at radius 1 is 1.16 bits per heavy atom. The summed E-state index contributed by atoms with van der Waals surface area (Å²) < 4.78 is 1.20. The monoisotopic (exact) mass is 377 g/mol. The van der Waals surface area contributed by atoms with Gasteiger partial charge in [-0.2, -0.15) is 0 Å². The summed E-state index contributed by atoms with van der Waals surface area (Å²) in [5.41, 5.74) is 0. The van der Waals surface area contributed by atoms with Gasteiger partial charge in [0.05, 0.1) is 11.1 Å². The predicted molar refractivity (Wildman–Crippen MR) is 103 cm³/mol. The molecule has 0 bridgehead atoms. The minimum atomic E-state index is -0.177. The van der Waals surface area contributed by atoms with E-state index in [1.54, 1.807) is 11.3 Å². The fraction of sp³-hybridized carbons (Fsp3) is 0.550. The molecule has 5 heteroatoms. The number of piperidine rings is 1. The van der Waals surface area contributed by atoms with Gasteiger partial charge in [-0.05, 0) is 51.0 Å². The zero-order valence-electron chi connectivity index (χ0n) is 14.3. The SMILES string of the molecule is O=C1C(Cc2sc3ccccc3c2Cl)CCCN1C1CCC(O)CC1. The van der Waals surface area contributed by atoms with E-state index in [2.05, 4.69) is 17.0 Å². The van der Waals surface area contributed by atoms with Gasteiger partial charge in [0, 0.05) is 33.5 Å². The number of benzene rings is 1. The molecule has 1 N–H and O–H groups in total. The van der Waals surface area contributed by atoms with Crippen LogP contribution in [0.1, 0.15) is 43.4 Å².